The van der Waals surface area contributed by atoms with E-state index in [0.29, 0.717) is 53.2 Å². The largest absolute Gasteiger partial charge is 0.495 e. The lowest BCUT2D eigenvalue weighted by molar-refractivity contribution is 0.0764. The zero-order valence-corrected chi connectivity index (χ0v) is 18.9. The molecule has 0 spiro atoms. The first-order valence-electron chi connectivity index (χ1n) is 10.3. The third kappa shape index (κ3) is 4.53. The van der Waals surface area contributed by atoms with Crippen LogP contribution in [0.2, 0.25) is 5.02 Å². The highest BCUT2D eigenvalue weighted by Crippen LogP contribution is 2.31. The molecule has 2 aromatic heterocycles. The predicted molar refractivity (Wildman–Crippen MR) is 121 cm³/mol. The van der Waals surface area contributed by atoms with Crippen molar-refractivity contribution in [3.05, 3.63) is 47.4 Å². The molecule has 168 valence electrons. The van der Waals surface area contributed by atoms with Gasteiger partial charge in [-0.15, -0.1) is 0 Å². The number of hydrogen-bond donors (Lipinski definition) is 2. The lowest BCUT2D eigenvalue weighted by atomic mass is 10.1. The number of carbonyl (C=O) groups excluding carboxylic acids is 1. The Morgan fingerprint density at radius 2 is 2.16 bits per heavy atom. The van der Waals surface area contributed by atoms with Gasteiger partial charge < -0.3 is 20.1 Å². The zero-order valence-electron chi connectivity index (χ0n) is 18.1. The molecule has 9 nitrogen and oxygen atoms in total. The summed E-state index contributed by atoms with van der Waals surface area (Å²) in [7, 11) is 1.53. The quantitative estimate of drug-likeness (QED) is 0.584. The Morgan fingerprint density at radius 3 is 2.81 bits per heavy atom. The van der Waals surface area contributed by atoms with Gasteiger partial charge in [0.15, 0.2) is 0 Å². The lowest BCUT2D eigenvalue weighted by Crippen LogP contribution is -2.29. The fourth-order valence-corrected chi connectivity index (χ4v) is 3.73. The summed E-state index contributed by atoms with van der Waals surface area (Å²) in [5, 5.41) is 17.6. The highest BCUT2D eigenvalue weighted by molar-refractivity contribution is 6.32. The molecule has 1 atom stereocenters. The van der Waals surface area contributed by atoms with Crippen LogP contribution < -0.4 is 10.1 Å². The second-order valence-corrected chi connectivity index (χ2v) is 8.33. The van der Waals surface area contributed by atoms with E-state index < -0.39 is 6.10 Å². The average Bonchev–Trinajstić information content (AvgIpc) is 3.44. The first-order valence-corrected chi connectivity index (χ1v) is 10.7. The molecule has 32 heavy (non-hydrogen) atoms. The minimum absolute atomic E-state index is 0.140. The Balaban J connectivity index is 1.57. The summed E-state index contributed by atoms with van der Waals surface area (Å²) in [6, 6.07) is 5.34. The molecular formula is C22H25ClN6O3. The van der Waals surface area contributed by atoms with E-state index in [1.54, 1.807) is 29.3 Å². The van der Waals surface area contributed by atoms with E-state index >= 15 is 0 Å². The van der Waals surface area contributed by atoms with Crippen LogP contribution in [-0.2, 0) is 0 Å². The highest BCUT2D eigenvalue weighted by Gasteiger charge is 2.26. The van der Waals surface area contributed by atoms with Gasteiger partial charge in [-0.05, 0) is 38.5 Å². The van der Waals surface area contributed by atoms with Gasteiger partial charge in [-0.25, -0.2) is 9.97 Å². The summed E-state index contributed by atoms with van der Waals surface area (Å²) in [5.41, 5.74) is 2.45. The number of halogens is 1. The summed E-state index contributed by atoms with van der Waals surface area (Å²) in [6.45, 7) is 4.96. The number of ether oxygens (including phenoxy) is 1. The minimum Gasteiger partial charge on any atom is -0.495 e. The molecule has 4 rings (SSSR count). The fourth-order valence-electron chi connectivity index (χ4n) is 3.53. The maximum Gasteiger partial charge on any atom is 0.254 e. The number of anilines is 2. The SMILES string of the molecule is COc1cc(C(=O)N2CC[C@@H](O)C2)ccc1Nc1ncc(Cl)c(-c2cnn(C(C)C)c2)n1. The number of aliphatic hydroxyl groups excluding tert-OH is 1. The molecule has 0 aliphatic carbocycles. The fraction of sp³-hybridized carbons (Fsp3) is 0.364. The van der Waals surface area contributed by atoms with Crippen molar-refractivity contribution in [3.8, 4) is 17.0 Å². The second kappa shape index (κ2) is 9.13. The topological polar surface area (TPSA) is 105 Å². The highest BCUT2D eigenvalue weighted by atomic mass is 35.5. The Bertz CT molecular complexity index is 1130. The van der Waals surface area contributed by atoms with Crippen LogP contribution in [0.25, 0.3) is 11.3 Å². The van der Waals surface area contributed by atoms with Gasteiger partial charge >= 0.3 is 0 Å². The third-order valence-corrected chi connectivity index (χ3v) is 5.57. The van der Waals surface area contributed by atoms with Crippen molar-refractivity contribution in [2.45, 2.75) is 32.4 Å². The molecule has 1 aliphatic heterocycles. The Kier molecular flexibility index (Phi) is 6.29. The number of benzene rings is 1. The lowest BCUT2D eigenvalue weighted by Gasteiger charge is -2.17. The standard InChI is InChI=1S/C22H25ClN6O3/c1-13(2)29-11-15(9-25-29)20-17(23)10-24-22(27-20)26-18-5-4-14(8-19(18)32-3)21(31)28-7-6-16(30)12-28/h4-5,8-11,13,16,30H,6-7,12H2,1-3H3,(H,24,26,27)/t16-/m1/s1. The number of methoxy groups -OCH3 is 1. The van der Waals surface area contributed by atoms with Crippen LogP contribution in [0.4, 0.5) is 11.6 Å². The summed E-state index contributed by atoms with van der Waals surface area (Å²) >= 11 is 6.33. The molecule has 3 heterocycles. The Hall–Kier alpha value is -3.17. The van der Waals surface area contributed by atoms with Gasteiger partial charge in [0.25, 0.3) is 5.91 Å². The van der Waals surface area contributed by atoms with Crippen molar-refractivity contribution in [2.75, 3.05) is 25.5 Å². The minimum atomic E-state index is -0.467. The number of carbonyl (C=O) groups is 1. The molecule has 3 aromatic rings. The number of aromatic nitrogens is 4. The van der Waals surface area contributed by atoms with E-state index in [-0.39, 0.29) is 11.9 Å². The van der Waals surface area contributed by atoms with Crippen molar-refractivity contribution in [1.82, 2.24) is 24.6 Å². The van der Waals surface area contributed by atoms with Crippen LogP contribution >= 0.6 is 11.6 Å². The molecular weight excluding hydrogens is 432 g/mol. The zero-order chi connectivity index (χ0) is 22.8. The Morgan fingerprint density at radius 1 is 1.34 bits per heavy atom. The number of amides is 1. The van der Waals surface area contributed by atoms with Crippen molar-refractivity contribution in [3.63, 3.8) is 0 Å². The molecule has 0 saturated carbocycles. The summed E-state index contributed by atoms with van der Waals surface area (Å²) in [4.78, 5) is 23.2. The van der Waals surface area contributed by atoms with Crippen molar-refractivity contribution >= 4 is 29.1 Å². The molecule has 1 aliphatic rings. The van der Waals surface area contributed by atoms with E-state index in [2.05, 4.69) is 20.4 Å². The third-order valence-electron chi connectivity index (χ3n) is 5.29. The van der Waals surface area contributed by atoms with Gasteiger partial charge in [-0.3, -0.25) is 9.48 Å². The smallest absolute Gasteiger partial charge is 0.254 e. The molecule has 1 amide bonds. The van der Waals surface area contributed by atoms with E-state index in [0.717, 1.165) is 5.56 Å². The first-order chi connectivity index (χ1) is 15.4. The first kappa shape index (κ1) is 22.0. The van der Waals surface area contributed by atoms with Crippen LogP contribution in [0.1, 0.15) is 36.7 Å². The monoisotopic (exact) mass is 456 g/mol. The molecule has 1 fully saturated rings. The van der Waals surface area contributed by atoms with Crippen LogP contribution in [-0.4, -0.2) is 62.0 Å². The predicted octanol–water partition coefficient (Wildman–Crippen LogP) is 3.53. The summed E-state index contributed by atoms with van der Waals surface area (Å²) in [5.74, 6) is 0.670. The summed E-state index contributed by atoms with van der Waals surface area (Å²) in [6.07, 6.45) is 5.26. The van der Waals surface area contributed by atoms with Crippen LogP contribution in [0.5, 0.6) is 5.75 Å². The van der Waals surface area contributed by atoms with E-state index in [4.69, 9.17) is 16.3 Å². The maximum atomic E-state index is 12.7. The van der Waals surface area contributed by atoms with Gasteiger partial charge in [-0.2, -0.15) is 5.10 Å². The van der Waals surface area contributed by atoms with Crippen molar-refractivity contribution in [2.24, 2.45) is 0 Å². The number of nitrogens with one attached hydrogen (secondary N) is 1. The van der Waals surface area contributed by atoms with Gasteiger partial charge in [0.1, 0.15) is 5.75 Å². The molecule has 1 aromatic carbocycles. The molecule has 2 N–H and O–H groups in total. The van der Waals surface area contributed by atoms with Crippen molar-refractivity contribution < 1.29 is 14.6 Å². The normalized spacial score (nSPS) is 15.9. The number of likely N-dealkylation sites (tertiary alicyclic amines) is 1. The number of nitrogens with zero attached hydrogens (tertiary/aromatic N) is 5. The van der Waals surface area contributed by atoms with Gasteiger partial charge in [0.05, 0.1) is 42.0 Å². The van der Waals surface area contributed by atoms with Gasteiger partial charge in [-0.1, -0.05) is 11.6 Å². The van der Waals surface area contributed by atoms with Crippen LogP contribution in [0, 0.1) is 0 Å². The van der Waals surface area contributed by atoms with Crippen molar-refractivity contribution in [1.29, 1.82) is 0 Å². The van der Waals surface area contributed by atoms with E-state index in [9.17, 15) is 9.90 Å². The summed E-state index contributed by atoms with van der Waals surface area (Å²) < 4.78 is 7.32. The number of hydrogen-bond acceptors (Lipinski definition) is 7. The second-order valence-electron chi connectivity index (χ2n) is 7.93. The molecule has 1 saturated heterocycles. The number of rotatable bonds is 6. The van der Waals surface area contributed by atoms with Crippen LogP contribution in [0.15, 0.2) is 36.8 Å². The molecule has 0 bridgehead atoms. The average molecular weight is 457 g/mol. The maximum absolute atomic E-state index is 12.7. The molecule has 0 radical (unpaired) electrons. The molecule has 0 unspecified atom stereocenters. The molecule has 10 heteroatoms. The van der Waals surface area contributed by atoms with Crippen LogP contribution in [0.3, 0.4) is 0 Å². The number of aliphatic hydroxyl groups is 1. The van der Waals surface area contributed by atoms with E-state index in [1.165, 1.54) is 13.3 Å². The van der Waals surface area contributed by atoms with E-state index in [1.807, 2.05) is 24.7 Å². The van der Waals surface area contributed by atoms with Gasteiger partial charge in [0.2, 0.25) is 5.95 Å². The van der Waals surface area contributed by atoms with Gasteiger partial charge in [0, 0.05) is 36.5 Å². The Labute approximate surface area is 191 Å². The number of β-amino-alcohol motifs (C(OH)–C–C–N with tert-alkyl or cyclic N) is 1.